The first-order chi connectivity index (χ1) is 13.6. The van der Waals surface area contributed by atoms with E-state index in [-0.39, 0.29) is 6.01 Å². The third-order valence-electron chi connectivity index (χ3n) is 3.85. The first-order valence-corrected chi connectivity index (χ1v) is 9.33. The van der Waals surface area contributed by atoms with Gasteiger partial charge in [0.15, 0.2) is 0 Å². The maximum absolute atomic E-state index is 12.7. The fourth-order valence-corrected chi connectivity index (χ4v) is 3.46. The average molecular weight is 392 g/mol. The Morgan fingerprint density at radius 2 is 1.79 bits per heavy atom. The Balaban J connectivity index is 1.54. The van der Waals surface area contributed by atoms with E-state index in [1.807, 2.05) is 44.2 Å². The molecule has 28 heavy (non-hydrogen) atoms. The van der Waals surface area contributed by atoms with E-state index >= 15 is 0 Å². The number of rotatable bonds is 5. The summed E-state index contributed by atoms with van der Waals surface area (Å²) in [5.41, 5.74) is 1.17. The average Bonchev–Trinajstić information content (AvgIpc) is 3.28. The van der Waals surface area contributed by atoms with Crippen molar-refractivity contribution < 1.29 is 13.9 Å². The van der Waals surface area contributed by atoms with Gasteiger partial charge in [0, 0.05) is 0 Å². The third kappa shape index (κ3) is 3.77. The van der Waals surface area contributed by atoms with Crippen LogP contribution in [0.15, 0.2) is 59.0 Å². The fourth-order valence-electron chi connectivity index (χ4n) is 2.62. The van der Waals surface area contributed by atoms with Crippen LogP contribution in [0.5, 0.6) is 11.5 Å². The summed E-state index contributed by atoms with van der Waals surface area (Å²) < 4.78 is 11.4. The number of aryl methyl sites for hydroxylation is 2. The van der Waals surface area contributed by atoms with E-state index in [1.54, 1.807) is 24.3 Å². The molecule has 0 saturated carbocycles. The second kappa shape index (κ2) is 7.61. The van der Waals surface area contributed by atoms with Crippen LogP contribution in [0, 0.1) is 13.8 Å². The van der Waals surface area contributed by atoms with Gasteiger partial charge in [0.2, 0.25) is 0 Å². The summed E-state index contributed by atoms with van der Waals surface area (Å²) in [6, 6.07) is 16.2. The molecule has 0 aliphatic carbocycles. The molecule has 140 valence electrons. The molecule has 0 radical (unpaired) electrons. The van der Waals surface area contributed by atoms with Crippen molar-refractivity contribution in [3.05, 3.63) is 70.9 Å². The van der Waals surface area contributed by atoms with Gasteiger partial charge in [0.1, 0.15) is 16.4 Å². The van der Waals surface area contributed by atoms with Crippen molar-refractivity contribution >= 4 is 23.3 Å². The van der Waals surface area contributed by atoms with Gasteiger partial charge >= 0.3 is 6.01 Å². The standard InChI is InChI=1S/C20H16N4O3S/c1-12-17(28-13(2)21-12)19-23-24-20(27-19)22-18(25)15-10-6-7-11-16(15)26-14-8-4-3-5-9-14/h3-11H,1-2H3,(H,22,24,25). The Hall–Kier alpha value is -3.52. The van der Waals surface area contributed by atoms with E-state index in [1.165, 1.54) is 11.3 Å². The van der Waals surface area contributed by atoms with Crippen LogP contribution in [0.4, 0.5) is 6.01 Å². The number of amides is 1. The van der Waals surface area contributed by atoms with Crippen LogP contribution >= 0.6 is 11.3 Å². The highest BCUT2D eigenvalue weighted by Gasteiger charge is 2.18. The van der Waals surface area contributed by atoms with Crippen molar-refractivity contribution in [2.45, 2.75) is 13.8 Å². The van der Waals surface area contributed by atoms with Gasteiger partial charge in [-0.05, 0) is 38.1 Å². The SMILES string of the molecule is Cc1nc(C)c(-c2nnc(NC(=O)c3ccccc3Oc3ccccc3)o2)s1. The summed E-state index contributed by atoms with van der Waals surface area (Å²) >= 11 is 1.46. The van der Waals surface area contributed by atoms with Gasteiger partial charge < -0.3 is 9.15 Å². The number of ether oxygens (including phenoxy) is 1. The smallest absolute Gasteiger partial charge is 0.322 e. The lowest BCUT2D eigenvalue weighted by Gasteiger charge is -2.10. The second-order valence-electron chi connectivity index (χ2n) is 5.93. The van der Waals surface area contributed by atoms with Crippen LogP contribution in [0.2, 0.25) is 0 Å². The van der Waals surface area contributed by atoms with Crippen LogP contribution in [-0.2, 0) is 0 Å². The van der Waals surface area contributed by atoms with Gasteiger partial charge in [-0.2, -0.15) is 0 Å². The van der Waals surface area contributed by atoms with Crippen molar-refractivity contribution in [1.82, 2.24) is 15.2 Å². The van der Waals surface area contributed by atoms with Crippen LogP contribution in [0.3, 0.4) is 0 Å². The quantitative estimate of drug-likeness (QED) is 0.522. The summed E-state index contributed by atoms with van der Waals surface area (Å²) in [6.07, 6.45) is 0. The molecule has 0 fully saturated rings. The van der Waals surface area contributed by atoms with E-state index in [2.05, 4.69) is 20.5 Å². The molecule has 0 bridgehead atoms. The highest BCUT2D eigenvalue weighted by molar-refractivity contribution is 7.15. The molecule has 2 heterocycles. The molecule has 0 saturated heterocycles. The molecular formula is C20H16N4O3S. The number of benzene rings is 2. The molecule has 2 aromatic heterocycles. The lowest BCUT2D eigenvalue weighted by molar-refractivity contribution is 0.102. The zero-order valence-corrected chi connectivity index (χ0v) is 16.0. The van der Waals surface area contributed by atoms with Crippen LogP contribution < -0.4 is 10.1 Å². The van der Waals surface area contributed by atoms with Crippen molar-refractivity contribution in [3.63, 3.8) is 0 Å². The van der Waals surface area contributed by atoms with E-state index in [0.29, 0.717) is 23.0 Å². The molecular weight excluding hydrogens is 376 g/mol. The number of carbonyl (C=O) groups is 1. The summed E-state index contributed by atoms with van der Waals surface area (Å²) in [4.78, 5) is 17.8. The predicted octanol–water partition coefficient (Wildman–Crippen LogP) is 4.85. The maximum atomic E-state index is 12.7. The molecule has 2 aromatic carbocycles. The number of nitrogens with one attached hydrogen (secondary N) is 1. The normalized spacial score (nSPS) is 10.6. The number of thiazole rings is 1. The van der Waals surface area contributed by atoms with Crippen LogP contribution in [0.25, 0.3) is 10.8 Å². The molecule has 1 amide bonds. The van der Waals surface area contributed by atoms with Crippen molar-refractivity contribution in [2.75, 3.05) is 5.32 Å². The molecule has 8 heteroatoms. The molecule has 0 atom stereocenters. The predicted molar refractivity (Wildman–Crippen MR) is 106 cm³/mol. The first-order valence-electron chi connectivity index (χ1n) is 8.51. The topological polar surface area (TPSA) is 90.1 Å². The molecule has 1 N–H and O–H groups in total. The summed E-state index contributed by atoms with van der Waals surface area (Å²) in [5.74, 6) is 0.991. The van der Waals surface area contributed by atoms with Gasteiger partial charge in [-0.25, -0.2) is 4.98 Å². The Bertz CT molecular complexity index is 1120. The Kier molecular flexibility index (Phi) is 4.86. The van der Waals surface area contributed by atoms with Crippen LogP contribution in [0.1, 0.15) is 21.1 Å². The monoisotopic (exact) mass is 392 g/mol. The zero-order valence-electron chi connectivity index (χ0n) is 15.2. The number of hydrogen-bond donors (Lipinski definition) is 1. The fraction of sp³-hybridized carbons (Fsp3) is 0.100. The van der Waals surface area contributed by atoms with Gasteiger partial charge in [0.05, 0.1) is 16.3 Å². The van der Waals surface area contributed by atoms with E-state index in [9.17, 15) is 4.79 Å². The minimum atomic E-state index is -0.404. The largest absolute Gasteiger partial charge is 0.457 e. The molecule has 4 rings (SSSR count). The number of hydrogen-bond acceptors (Lipinski definition) is 7. The second-order valence-corrected chi connectivity index (χ2v) is 7.13. The Labute approximate surface area is 165 Å². The Morgan fingerprint density at radius 1 is 1.04 bits per heavy atom. The molecule has 4 aromatic rings. The van der Waals surface area contributed by atoms with Gasteiger partial charge in [-0.3, -0.25) is 10.1 Å². The lowest BCUT2D eigenvalue weighted by Crippen LogP contribution is -2.13. The van der Waals surface area contributed by atoms with Gasteiger partial charge in [-0.15, -0.1) is 16.4 Å². The maximum Gasteiger partial charge on any atom is 0.322 e. The molecule has 0 spiro atoms. The highest BCUT2D eigenvalue weighted by atomic mass is 32.1. The number of para-hydroxylation sites is 2. The minimum Gasteiger partial charge on any atom is -0.457 e. The molecule has 7 nitrogen and oxygen atoms in total. The molecule has 0 unspecified atom stereocenters. The van der Waals surface area contributed by atoms with Crippen molar-refractivity contribution in [2.24, 2.45) is 0 Å². The lowest BCUT2D eigenvalue weighted by atomic mass is 10.2. The summed E-state index contributed by atoms with van der Waals surface area (Å²) in [5, 5.41) is 11.4. The minimum absolute atomic E-state index is 0.0139. The Morgan fingerprint density at radius 3 is 2.54 bits per heavy atom. The number of aromatic nitrogens is 3. The van der Waals surface area contributed by atoms with Crippen LogP contribution in [-0.4, -0.2) is 21.1 Å². The number of nitrogens with zero attached hydrogens (tertiary/aromatic N) is 3. The molecule has 0 aliphatic heterocycles. The van der Waals surface area contributed by atoms with Crippen molar-refractivity contribution in [1.29, 1.82) is 0 Å². The highest BCUT2D eigenvalue weighted by Crippen LogP contribution is 2.30. The van der Waals surface area contributed by atoms with E-state index in [4.69, 9.17) is 9.15 Å². The van der Waals surface area contributed by atoms with Gasteiger partial charge in [0.25, 0.3) is 11.8 Å². The zero-order chi connectivity index (χ0) is 19.5. The summed E-state index contributed by atoms with van der Waals surface area (Å²) in [6.45, 7) is 3.78. The van der Waals surface area contributed by atoms with Crippen molar-refractivity contribution in [3.8, 4) is 22.3 Å². The van der Waals surface area contributed by atoms with E-state index in [0.717, 1.165) is 15.6 Å². The third-order valence-corrected chi connectivity index (χ3v) is 4.91. The van der Waals surface area contributed by atoms with Gasteiger partial charge in [-0.1, -0.05) is 35.4 Å². The number of carbonyl (C=O) groups excluding carboxylic acids is 1. The summed E-state index contributed by atoms with van der Waals surface area (Å²) in [7, 11) is 0. The molecule has 0 aliphatic rings. The number of anilines is 1. The first kappa shape index (κ1) is 17.9. The van der Waals surface area contributed by atoms with E-state index < -0.39 is 5.91 Å².